The summed E-state index contributed by atoms with van der Waals surface area (Å²) >= 11 is 0. The number of benzene rings is 3. The molecule has 1 fully saturated rings. The van der Waals surface area contributed by atoms with Gasteiger partial charge in [-0.25, -0.2) is 8.42 Å². The van der Waals surface area contributed by atoms with Gasteiger partial charge in [0.05, 0.1) is 43.1 Å². The molecular formula is C30H35N5O5S. The van der Waals surface area contributed by atoms with Crippen LogP contribution in [0.25, 0.3) is 11.3 Å². The summed E-state index contributed by atoms with van der Waals surface area (Å²) in [4.78, 5) is 15.6. The highest BCUT2D eigenvalue weighted by Crippen LogP contribution is 2.43. The van der Waals surface area contributed by atoms with Crippen molar-refractivity contribution in [3.63, 3.8) is 0 Å². The molecule has 10 nitrogen and oxygen atoms in total. The van der Waals surface area contributed by atoms with Crippen molar-refractivity contribution in [3.05, 3.63) is 77.9 Å². The van der Waals surface area contributed by atoms with Gasteiger partial charge in [-0.05, 0) is 35.9 Å². The molecule has 2 heterocycles. The Morgan fingerprint density at radius 1 is 0.976 bits per heavy atom. The predicted octanol–water partition coefficient (Wildman–Crippen LogP) is 3.31. The van der Waals surface area contributed by atoms with Crippen molar-refractivity contribution in [2.24, 2.45) is 0 Å². The summed E-state index contributed by atoms with van der Waals surface area (Å²) in [5, 5.41) is 9.68. The Balaban J connectivity index is 1.48. The van der Waals surface area contributed by atoms with E-state index in [1.54, 1.807) is 38.5 Å². The number of hydrogen-bond acceptors (Lipinski definition) is 8. The molecule has 0 aromatic heterocycles. The van der Waals surface area contributed by atoms with E-state index in [1.165, 1.54) is 10.6 Å². The first-order valence-corrected chi connectivity index (χ1v) is 15.3. The molecule has 0 spiro atoms. The van der Waals surface area contributed by atoms with E-state index in [0.717, 1.165) is 31.7 Å². The SMILES string of the molecule is COc1cc2c(cc1OC)/C(=C(/Nc1ccc(N(CCN3CCNCC3)S(C)(=O)=O)cc1)c1ccccc1)C(=O)N2. The standard InChI is InChI=1S/C30H35N5O5S/c1-39-26-19-24-25(20-27(26)40-2)33-30(36)28(24)29(21-7-5-4-6-8-21)32-22-9-11-23(12-10-22)35(41(3,37)38)18-17-34-15-13-31-14-16-34/h4-12,19-20,31-32H,13-18H2,1-3H3,(H,33,36)/b29-28-. The molecule has 41 heavy (non-hydrogen) atoms. The molecule has 0 atom stereocenters. The van der Waals surface area contributed by atoms with Gasteiger partial charge >= 0.3 is 0 Å². The van der Waals surface area contributed by atoms with Gasteiger partial charge in [0.2, 0.25) is 10.0 Å². The molecule has 2 aliphatic rings. The van der Waals surface area contributed by atoms with Gasteiger partial charge in [-0.2, -0.15) is 0 Å². The van der Waals surface area contributed by atoms with Crippen LogP contribution < -0.4 is 29.7 Å². The van der Waals surface area contributed by atoms with E-state index in [9.17, 15) is 13.2 Å². The predicted molar refractivity (Wildman–Crippen MR) is 163 cm³/mol. The largest absolute Gasteiger partial charge is 0.493 e. The van der Waals surface area contributed by atoms with Crippen LogP contribution in [0.15, 0.2) is 66.7 Å². The van der Waals surface area contributed by atoms with E-state index in [2.05, 4.69) is 20.9 Å². The first-order valence-electron chi connectivity index (χ1n) is 13.4. The van der Waals surface area contributed by atoms with Crippen molar-refractivity contribution in [2.75, 3.05) is 74.7 Å². The Labute approximate surface area is 241 Å². The number of rotatable bonds is 10. The van der Waals surface area contributed by atoms with Crippen molar-refractivity contribution >= 4 is 44.3 Å². The fourth-order valence-corrected chi connectivity index (χ4v) is 6.06. The number of nitrogens with one attached hydrogen (secondary N) is 3. The van der Waals surface area contributed by atoms with E-state index < -0.39 is 10.0 Å². The Morgan fingerprint density at radius 3 is 2.27 bits per heavy atom. The average molecular weight is 578 g/mol. The zero-order valence-corrected chi connectivity index (χ0v) is 24.3. The summed E-state index contributed by atoms with van der Waals surface area (Å²) in [5.41, 5.74) is 4.50. The number of fused-ring (bicyclic) bond motifs is 1. The van der Waals surface area contributed by atoms with Crippen LogP contribution in [0.1, 0.15) is 11.1 Å². The molecule has 3 aromatic rings. The Kier molecular flexibility index (Phi) is 8.48. The summed E-state index contributed by atoms with van der Waals surface area (Å²) < 4.78 is 37.7. The molecule has 5 rings (SSSR count). The second-order valence-corrected chi connectivity index (χ2v) is 11.8. The van der Waals surface area contributed by atoms with Gasteiger partial charge in [-0.3, -0.25) is 14.0 Å². The van der Waals surface area contributed by atoms with Gasteiger partial charge in [0.15, 0.2) is 11.5 Å². The van der Waals surface area contributed by atoms with Crippen LogP contribution in [0.3, 0.4) is 0 Å². The number of piperazine rings is 1. The van der Waals surface area contributed by atoms with Crippen LogP contribution in [0.2, 0.25) is 0 Å². The zero-order valence-electron chi connectivity index (χ0n) is 23.4. The van der Waals surface area contributed by atoms with E-state index in [1.807, 2.05) is 42.5 Å². The molecule has 3 aromatic carbocycles. The topological polar surface area (TPSA) is 112 Å². The molecule has 1 amide bonds. The third-order valence-corrected chi connectivity index (χ3v) is 8.43. The molecule has 0 unspecified atom stereocenters. The fraction of sp³-hybridized carbons (Fsp3) is 0.300. The van der Waals surface area contributed by atoms with Crippen molar-refractivity contribution in [3.8, 4) is 11.5 Å². The number of nitrogens with zero attached hydrogens (tertiary/aromatic N) is 2. The van der Waals surface area contributed by atoms with Crippen molar-refractivity contribution in [1.29, 1.82) is 0 Å². The Hall–Kier alpha value is -4.06. The summed E-state index contributed by atoms with van der Waals surface area (Å²) in [6.07, 6.45) is 1.23. The molecule has 216 valence electrons. The quantitative estimate of drug-likeness (QED) is 0.315. The molecule has 0 aliphatic carbocycles. The maximum Gasteiger partial charge on any atom is 0.258 e. The Bertz CT molecular complexity index is 1540. The highest BCUT2D eigenvalue weighted by Gasteiger charge is 2.30. The lowest BCUT2D eigenvalue weighted by molar-refractivity contribution is -0.110. The van der Waals surface area contributed by atoms with Gasteiger partial charge < -0.3 is 25.4 Å². The highest BCUT2D eigenvalue weighted by molar-refractivity contribution is 7.92. The summed E-state index contributed by atoms with van der Waals surface area (Å²) in [7, 11) is -0.373. The molecule has 0 saturated carbocycles. The zero-order chi connectivity index (χ0) is 29.0. The lowest BCUT2D eigenvalue weighted by atomic mass is 9.99. The van der Waals surface area contributed by atoms with Gasteiger partial charge in [-0.1, -0.05) is 30.3 Å². The molecule has 2 aliphatic heterocycles. The molecule has 0 bridgehead atoms. The smallest absolute Gasteiger partial charge is 0.258 e. The third-order valence-electron chi connectivity index (χ3n) is 7.23. The highest BCUT2D eigenvalue weighted by atomic mass is 32.2. The van der Waals surface area contributed by atoms with Gasteiger partial charge in [0.1, 0.15) is 0 Å². The number of sulfonamides is 1. The maximum absolute atomic E-state index is 13.3. The van der Waals surface area contributed by atoms with Crippen molar-refractivity contribution < 1.29 is 22.7 Å². The minimum absolute atomic E-state index is 0.255. The van der Waals surface area contributed by atoms with Crippen LogP contribution in [-0.4, -0.2) is 79.0 Å². The number of carbonyl (C=O) groups excluding carboxylic acids is 1. The lowest BCUT2D eigenvalue weighted by Crippen LogP contribution is -2.47. The summed E-state index contributed by atoms with van der Waals surface area (Å²) in [6.45, 7) is 4.62. The first-order chi connectivity index (χ1) is 19.8. The van der Waals surface area contributed by atoms with Gasteiger partial charge in [0.25, 0.3) is 5.91 Å². The van der Waals surface area contributed by atoms with Gasteiger partial charge in [-0.15, -0.1) is 0 Å². The monoisotopic (exact) mass is 577 g/mol. The molecule has 1 saturated heterocycles. The minimum Gasteiger partial charge on any atom is -0.493 e. The summed E-state index contributed by atoms with van der Waals surface area (Å²) in [6, 6.07) is 20.3. The van der Waals surface area contributed by atoms with Crippen LogP contribution in [0, 0.1) is 0 Å². The van der Waals surface area contributed by atoms with Crippen LogP contribution >= 0.6 is 0 Å². The summed E-state index contributed by atoms with van der Waals surface area (Å²) in [5.74, 6) is 0.776. The molecular weight excluding hydrogens is 542 g/mol. The second kappa shape index (κ2) is 12.2. The third kappa shape index (κ3) is 6.32. The minimum atomic E-state index is -3.48. The average Bonchev–Trinajstić information content (AvgIpc) is 3.30. The first kappa shape index (κ1) is 28.5. The van der Waals surface area contributed by atoms with Gasteiger partial charge in [0, 0.05) is 56.6 Å². The van der Waals surface area contributed by atoms with Crippen molar-refractivity contribution in [1.82, 2.24) is 10.2 Å². The number of amides is 1. The van der Waals surface area contributed by atoms with Crippen LogP contribution in [0.5, 0.6) is 11.5 Å². The van der Waals surface area contributed by atoms with Crippen LogP contribution in [0.4, 0.5) is 17.1 Å². The molecule has 3 N–H and O–H groups in total. The van der Waals surface area contributed by atoms with E-state index in [-0.39, 0.29) is 5.91 Å². The molecule has 11 heteroatoms. The van der Waals surface area contributed by atoms with Crippen molar-refractivity contribution in [2.45, 2.75) is 0 Å². The lowest BCUT2D eigenvalue weighted by Gasteiger charge is -2.30. The maximum atomic E-state index is 13.3. The van der Waals surface area contributed by atoms with E-state index in [0.29, 0.717) is 58.5 Å². The van der Waals surface area contributed by atoms with E-state index in [4.69, 9.17) is 9.47 Å². The molecule has 0 radical (unpaired) electrons. The fourth-order valence-electron chi connectivity index (χ4n) is 5.14. The number of ether oxygens (including phenoxy) is 2. The van der Waals surface area contributed by atoms with E-state index >= 15 is 0 Å². The van der Waals surface area contributed by atoms with Crippen LogP contribution in [-0.2, 0) is 14.8 Å². The normalized spacial score (nSPS) is 16.5. The number of methoxy groups -OCH3 is 2. The Morgan fingerprint density at radius 2 is 1.63 bits per heavy atom. The number of hydrogen-bond donors (Lipinski definition) is 3. The number of carbonyl (C=O) groups is 1. The number of anilines is 3. The second-order valence-electron chi connectivity index (χ2n) is 9.92.